The summed E-state index contributed by atoms with van der Waals surface area (Å²) in [5.74, 6) is 0.428. The van der Waals surface area contributed by atoms with Crippen LogP contribution in [0.4, 0.5) is 0 Å². The molecule has 0 aromatic heterocycles. The summed E-state index contributed by atoms with van der Waals surface area (Å²) in [6.07, 6.45) is 0. The molecular formula is C16H23N3O3. The molecule has 0 radical (unpaired) electrons. The first-order valence-electron chi connectivity index (χ1n) is 7.62. The largest absolute Gasteiger partial charge is 0.494 e. The van der Waals surface area contributed by atoms with Gasteiger partial charge in [0.2, 0.25) is 5.91 Å². The number of hydrogen-bond donors (Lipinski definition) is 2. The SMILES string of the molecule is CCOc1ccc(C(=O)NCC(=O)N2CCN[C@H](C)C2)cc1. The molecule has 0 aliphatic carbocycles. The van der Waals surface area contributed by atoms with Gasteiger partial charge in [-0.15, -0.1) is 0 Å². The molecule has 1 aliphatic rings. The predicted molar refractivity (Wildman–Crippen MR) is 84.0 cm³/mol. The quantitative estimate of drug-likeness (QED) is 0.837. The van der Waals surface area contributed by atoms with Gasteiger partial charge in [0, 0.05) is 31.2 Å². The summed E-state index contributed by atoms with van der Waals surface area (Å²) in [6.45, 7) is 6.71. The van der Waals surface area contributed by atoms with E-state index in [-0.39, 0.29) is 18.4 Å². The lowest BCUT2D eigenvalue weighted by Crippen LogP contribution is -2.53. The highest BCUT2D eigenvalue weighted by Gasteiger charge is 2.20. The molecule has 1 atom stereocenters. The fraction of sp³-hybridized carbons (Fsp3) is 0.500. The zero-order valence-corrected chi connectivity index (χ0v) is 13.1. The zero-order chi connectivity index (χ0) is 15.9. The normalized spacial score (nSPS) is 17.9. The fourth-order valence-corrected chi connectivity index (χ4v) is 2.40. The Bertz CT molecular complexity index is 516. The van der Waals surface area contributed by atoms with Crippen molar-refractivity contribution in [3.05, 3.63) is 29.8 Å². The topological polar surface area (TPSA) is 70.7 Å². The van der Waals surface area contributed by atoms with Gasteiger partial charge in [-0.3, -0.25) is 9.59 Å². The molecule has 22 heavy (non-hydrogen) atoms. The Labute approximate surface area is 130 Å². The Morgan fingerprint density at radius 3 is 2.73 bits per heavy atom. The number of hydrogen-bond acceptors (Lipinski definition) is 4. The summed E-state index contributed by atoms with van der Waals surface area (Å²) in [6, 6.07) is 7.17. The monoisotopic (exact) mass is 305 g/mol. The number of carbonyl (C=O) groups is 2. The Kier molecular flexibility index (Phi) is 5.77. The summed E-state index contributed by atoms with van der Waals surface area (Å²) in [4.78, 5) is 25.9. The van der Waals surface area contributed by atoms with Crippen molar-refractivity contribution in [2.24, 2.45) is 0 Å². The van der Waals surface area contributed by atoms with E-state index in [1.807, 2.05) is 13.8 Å². The molecule has 120 valence electrons. The van der Waals surface area contributed by atoms with Crippen LogP contribution in [0.5, 0.6) is 5.75 Å². The van der Waals surface area contributed by atoms with Crippen LogP contribution in [-0.2, 0) is 4.79 Å². The number of rotatable bonds is 5. The molecule has 0 saturated carbocycles. The minimum atomic E-state index is -0.250. The maximum Gasteiger partial charge on any atom is 0.251 e. The number of nitrogens with one attached hydrogen (secondary N) is 2. The number of ether oxygens (including phenoxy) is 1. The molecule has 0 spiro atoms. The molecule has 1 aromatic rings. The van der Waals surface area contributed by atoms with Crippen molar-refractivity contribution in [1.82, 2.24) is 15.5 Å². The van der Waals surface area contributed by atoms with Crippen LogP contribution in [-0.4, -0.2) is 55.5 Å². The standard InChI is InChI=1S/C16H23N3O3/c1-3-22-14-6-4-13(5-7-14)16(21)18-10-15(20)19-9-8-17-12(2)11-19/h4-7,12,17H,3,8-11H2,1-2H3,(H,18,21)/t12-/m1/s1. The zero-order valence-electron chi connectivity index (χ0n) is 13.1. The van der Waals surface area contributed by atoms with Gasteiger partial charge in [0.1, 0.15) is 5.75 Å². The van der Waals surface area contributed by atoms with E-state index in [0.29, 0.717) is 31.3 Å². The molecule has 1 aromatic carbocycles. The molecule has 1 heterocycles. The first-order valence-corrected chi connectivity index (χ1v) is 7.62. The minimum Gasteiger partial charge on any atom is -0.494 e. The van der Waals surface area contributed by atoms with Crippen molar-refractivity contribution in [2.45, 2.75) is 19.9 Å². The molecular weight excluding hydrogens is 282 g/mol. The van der Waals surface area contributed by atoms with Crippen molar-refractivity contribution < 1.29 is 14.3 Å². The second-order valence-corrected chi connectivity index (χ2v) is 5.33. The van der Waals surface area contributed by atoms with Crippen LogP contribution in [0, 0.1) is 0 Å². The number of amides is 2. The first-order chi connectivity index (χ1) is 10.6. The Hall–Kier alpha value is -2.08. The maximum atomic E-state index is 12.1. The number of benzene rings is 1. The van der Waals surface area contributed by atoms with E-state index in [0.717, 1.165) is 12.3 Å². The molecule has 6 heteroatoms. The highest BCUT2D eigenvalue weighted by molar-refractivity contribution is 5.96. The average molecular weight is 305 g/mol. The molecule has 2 amide bonds. The molecule has 0 unspecified atom stereocenters. The lowest BCUT2D eigenvalue weighted by molar-refractivity contribution is -0.131. The average Bonchev–Trinajstić information content (AvgIpc) is 2.53. The summed E-state index contributed by atoms with van der Waals surface area (Å²) >= 11 is 0. The van der Waals surface area contributed by atoms with Crippen molar-refractivity contribution in [3.63, 3.8) is 0 Å². The highest BCUT2D eigenvalue weighted by Crippen LogP contribution is 2.11. The lowest BCUT2D eigenvalue weighted by Gasteiger charge is -2.31. The maximum absolute atomic E-state index is 12.1. The van der Waals surface area contributed by atoms with Crippen molar-refractivity contribution >= 4 is 11.8 Å². The summed E-state index contributed by atoms with van der Waals surface area (Å²) in [5.41, 5.74) is 0.518. The Morgan fingerprint density at radius 1 is 1.36 bits per heavy atom. The number of piperazine rings is 1. The Morgan fingerprint density at radius 2 is 2.09 bits per heavy atom. The van der Waals surface area contributed by atoms with E-state index in [9.17, 15) is 9.59 Å². The van der Waals surface area contributed by atoms with Crippen LogP contribution in [0.25, 0.3) is 0 Å². The fourth-order valence-electron chi connectivity index (χ4n) is 2.40. The van der Waals surface area contributed by atoms with Gasteiger partial charge in [-0.1, -0.05) is 0 Å². The van der Waals surface area contributed by atoms with Gasteiger partial charge in [0.05, 0.1) is 13.2 Å². The molecule has 1 aliphatic heterocycles. The molecule has 2 N–H and O–H groups in total. The van der Waals surface area contributed by atoms with Gasteiger partial charge in [-0.2, -0.15) is 0 Å². The van der Waals surface area contributed by atoms with Crippen molar-refractivity contribution in [3.8, 4) is 5.75 Å². The van der Waals surface area contributed by atoms with E-state index < -0.39 is 0 Å². The van der Waals surface area contributed by atoms with Gasteiger partial charge in [0.25, 0.3) is 5.91 Å². The van der Waals surface area contributed by atoms with Gasteiger partial charge >= 0.3 is 0 Å². The van der Waals surface area contributed by atoms with E-state index in [2.05, 4.69) is 10.6 Å². The van der Waals surface area contributed by atoms with Crippen LogP contribution < -0.4 is 15.4 Å². The highest BCUT2D eigenvalue weighted by atomic mass is 16.5. The van der Waals surface area contributed by atoms with Crippen LogP contribution in [0.1, 0.15) is 24.2 Å². The summed E-state index contributed by atoms with van der Waals surface area (Å²) in [5, 5.41) is 5.95. The van der Waals surface area contributed by atoms with Crippen LogP contribution >= 0.6 is 0 Å². The predicted octanol–water partition coefficient (Wildman–Crippen LogP) is 0.635. The first kappa shape index (κ1) is 16.3. The van der Waals surface area contributed by atoms with Crippen LogP contribution in [0.2, 0.25) is 0 Å². The third-order valence-electron chi connectivity index (χ3n) is 3.55. The summed E-state index contributed by atoms with van der Waals surface area (Å²) < 4.78 is 5.33. The van der Waals surface area contributed by atoms with E-state index >= 15 is 0 Å². The van der Waals surface area contributed by atoms with Crippen LogP contribution in [0.3, 0.4) is 0 Å². The number of nitrogens with zero attached hydrogens (tertiary/aromatic N) is 1. The van der Waals surface area contributed by atoms with Crippen molar-refractivity contribution in [1.29, 1.82) is 0 Å². The minimum absolute atomic E-state index is 0.0266. The third-order valence-corrected chi connectivity index (χ3v) is 3.55. The second kappa shape index (κ2) is 7.79. The second-order valence-electron chi connectivity index (χ2n) is 5.33. The van der Waals surface area contributed by atoms with Gasteiger partial charge in [-0.25, -0.2) is 0 Å². The molecule has 1 saturated heterocycles. The van der Waals surface area contributed by atoms with E-state index in [1.165, 1.54) is 0 Å². The number of carbonyl (C=O) groups excluding carboxylic acids is 2. The van der Waals surface area contributed by atoms with Gasteiger partial charge in [-0.05, 0) is 38.1 Å². The van der Waals surface area contributed by atoms with Crippen LogP contribution in [0.15, 0.2) is 24.3 Å². The summed E-state index contributed by atoms with van der Waals surface area (Å²) in [7, 11) is 0. The van der Waals surface area contributed by atoms with E-state index in [1.54, 1.807) is 29.2 Å². The van der Waals surface area contributed by atoms with Crippen molar-refractivity contribution in [2.75, 3.05) is 32.8 Å². The van der Waals surface area contributed by atoms with E-state index in [4.69, 9.17) is 4.74 Å². The molecule has 1 fully saturated rings. The Balaban J connectivity index is 1.82. The molecule has 6 nitrogen and oxygen atoms in total. The smallest absolute Gasteiger partial charge is 0.251 e. The van der Waals surface area contributed by atoms with Gasteiger partial charge < -0.3 is 20.3 Å². The third kappa shape index (κ3) is 4.46. The lowest BCUT2D eigenvalue weighted by atomic mass is 10.2. The molecule has 0 bridgehead atoms. The molecule has 2 rings (SSSR count). The van der Waals surface area contributed by atoms with Gasteiger partial charge in [0.15, 0.2) is 0 Å².